The van der Waals surface area contributed by atoms with Crippen molar-refractivity contribution in [2.75, 3.05) is 7.11 Å². The van der Waals surface area contributed by atoms with Gasteiger partial charge in [0.1, 0.15) is 12.1 Å². The van der Waals surface area contributed by atoms with Crippen molar-refractivity contribution in [1.29, 1.82) is 0 Å². The lowest BCUT2D eigenvalue weighted by Gasteiger charge is -2.11. The van der Waals surface area contributed by atoms with E-state index in [1.165, 1.54) is 0 Å². The first-order valence-electron chi connectivity index (χ1n) is 8.15. The average molecular weight is 363 g/mol. The summed E-state index contributed by atoms with van der Waals surface area (Å²) < 4.78 is 7.37. The molecule has 26 heavy (non-hydrogen) atoms. The first-order valence-corrected chi connectivity index (χ1v) is 9.13. The standard InChI is InChI=1S/C19H17N5OS/c1-13-16(22-15-8-4-3-7-14(15)21-13)11-26-19-23-20-12-24(19)17-9-5-6-10-18(17)25-2/h3-10,12H,11H2,1-2H3. The van der Waals surface area contributed by atoms with Gasteiger partial charge in [-0.05, 0) is 31.2 Å². The molecule has 2 aromatic carbocycles. The van der Waals surface area contributed by atoms with Gasteiger partial charge in [-0.15, -0.1) is 10.2 Å². The second kappa shape index (κ2) is 7.13. The van der Waals surface area contributed by atoms with Gasteiger partial charge in [0.15, 0.2) is 5.16 Å². The largest absolute Gasteiger partial charge is 0.495 e. The Bertz CT molecular complexity index is 1060. The molecule has 0 amide bonds. The summed E-state index contributed by atoms with van der Waals surface area (Å²) in [5, 5.41) is 9.09. The molecule has 0 aliphatic carbocycles. The number of hydrogen-bond acceptors (Lipinski definition) is 6. The second-order valence-corrected chi connectivity index (χ2v) is 6.63. The lowest BCUT2D eigenvalue weighted by molar-refractivity contribution is 0.412. The molecule has 4 rings (SSSR count). The minimum Gasteiger partial charge on any atom is -0.495 e. The van der Waals surface area contributed by atoms with Gasteiger partial charge in [-0.25, -0.2) is 9.97 Å². The Morgan fingerprint density at radius 2 is 1.73 bits per heavy atom. The number of ether oxygens (including phenoxy) is 1. The summed E-state index contributed by atoms with van der Waals surface area (Å²) in [4.78, 5) is 9.39. The Balaban J connectivity index is 1.62. The number of aromatic nitrogens is 5. The van der Waals surface area contributed by atoms with Gasteiger partial charge in [0.25, 0.3) is 0 Å². The van der Waals surface area contributed by atoms with E-state index in [-0.39, 0.29) is 0 Å². The number of hydrogen-bond donors (Lipinski definition) is 0. The zero-order valence-electron chi connectivity index (χ0n) is 14.5. The van der Waals surface area contributed by atoms with Crippen LogP contribution in [0.4, 0.5) is 0 Å². The monoisotopic (exact) mass is 363 g/mol. The van der Waals surface area contributed by atoms with Crippen molar-refractivity contribution in [3.63, 3.8) is 0 Å². The molecule has 0 aliphatic rings. The predicted molar refractivity (Wildman–Crippen MR) is 102 cm³/mol. The SMILES string of the molecule is COc1ccccc1-n1cnnc1SCc1nc2ccccc2nc1C. The van der Waals surface area contributed by atoms with Crippen LogP contribution in [0.2, 0.25) is 0 Å². The van der Waals surface area contributed by atoms with Gasteiger partial charge < -0.3 is 4.74 Å². The van der Waals surface area contributed by atoms with E-state index < -0.39 is 0 Å². The molecule has 7 heteroatoms. The molecule has 0 spiro atoms. The molecule has 2 aromatic heterocycles. The molecule has 0 fully saturated rings. The van der Waals surface area contributed by atoms with Gasteiger partial charge in [0, 0.05) is 5.75 Å². The third-order valence-corrected chi connectivity index (χ3v) is 5.00. The fourth-order valence-electron chi connectivity index (χ4n) is 2.71. The fraction of sp³-hybridized carbons (Fsp3) is 0.158. The number of rotatable bonds is 5. The van der Waals surface area contributed by atoms with Gasteiger partial charge in [-0.2, -0.15) is 0 Å². The third kappa shape index (κ3) is 3.13. The van der Waals surface area contributed by atoms with Crippen LogP contribution in [0.5, 0.6) is 5.75 Å². The Morgan fingerprint density at radius 1 is 1.00 bits per heavy atom. The van der Waals surface area contributed by atoms with Crippen LogP contribution in [0.15, 0.2) is 60.0 Å². The highest BCUT2D eigenvalue weighted by Crippen LogP contribution is 2.28. The summed E-state index contributed by atoms with van der Waals surface area (Å²) in [6, 6.07) is 15.7. The van der Waals surface area contributed by atoms with Crippen LogP contribution in [-0.2, 0) is 5.75 Å². The number of para-hydroxylation sites is 4. The Labute approximate surface area is 155 Å². The summed E-state index contributed by atoms with van der Waals surface area (Å²) in [5.41, 5.74) is 4.60. The summed E-state index contributed by atoms with van der Waals surface area (Å²) in [6.07, 6.45) is 1.69. The zero-order valence-corrected chi connectivity index (χ0v) is 15.3. The second-order valence-electron chi connectivity index (χ2n) is 5.69. The Hall–Kier alpha value is -2.93. The minimum atomic E-state index is 0.664. The first-order chi connectivity index (χ1) is 12.8. The Morgan fingerprint density at radius 3 is 2.54 bits per heavy atom. The molecular formula is C19H17N5OS. The van der Waals surface area contributed by atoms with Crippen LogP contribution in [-0.4, -0.2) is 31.8 Å². The number of thioether (sulfide) groups is 1. The van der Waals surface area contributed by atoms with Gasteiger partial charge in [-0.1, -0.05) is 36.0 Å². The van der Waals surface area contributed by atoms with E-state index in [1.54, 1.807) is 25.2 Å². The molecule has 6 nitrogen and oxygen atoms in total. The van der Waals surface area contributed by atoms with E-state index in [9.17, 15) is 0 Å². The Kier molecular flexibility index (Phi) is 4.53. The number of fused-ring (bicyclic) bond motifs is 1. The van der Waals surface area contributed by atoms with Crippen molar-refractivity contribution in [1.82, 2.24) is 24.7 Å². The van der Waals surface area contributed by atoms with Gasteiger partial charge in [0.05, 0.1) is 35.2 Å². The summed E-state index contributed by atoms with van der Waals surface area (Å²) in [5.74, 6) is 1.44. The lowest BCUT2D eigenvalue weighted by Crippen LogP contribution is -2.00. The van der Waals surface area contributed by atoms with E-state index in [4.69, 9.17) is 9.72 Å². The average Bonchev–Trinajstić information content (AvgIpc) is 3.14. The highest BCUT2D eigenvalue weighted by molar-refractivity contribution is 7.98. The molecule has 4 aromatic rings. The van der Waals surface area contributed by atoms with Crippen LogP contribution in [0.25, 0.3) is 16.7 Å². The molecule has 0 atom stereocenters. The topological polar surface area (TPSA) is 65.7 Å². The van der Waals surface area contributed by atoms with Crippen molar-refractivity contribution in [3.05, 3.63) is 66.2 Å². The van der Waals surface area contributed by atoms with E-state index in [0.29, 0.717) is 5.75 Å². The van der Waals surface area contributed by atoms with Gasteiger partial charge in [0.2, 0.25) is 0 Å². The van der Waals surface area contributed by atoms with Crippen LogP contribution in [0.1, 0.15) is 11.4 Å². The van der Waals surface area contributed by atoms with Gasteiger partial charge in [-0.3, -0.25) is 4.57 Å². The molecule has 0 bridgehead atoms. The van der Waals surface area contributed by atoms with Crippen molar-refractivity contribution >= 4 is 22.8 Å². The summed E-state index contributed by atoms with van der Waals surface area (Å²) >= 11 is 1.57. The maximum atomic E-state index is 5.45. The number of nitrogens with zero attached hydrogens (tertiary/aromatic N) is 5. The van der Waals surface area contributed by atoms with Crippen molar-refractivity contribution in [2.45, 2.75) is 17.8 Å². The van der Waals surface area contributed by atoms with E-state index in [1.807, 2.05) is 60.0 Å². The summed E-state index contributed by atoms with van der Waals surface area (Å²) in [7, 11) is 1.66. The number of methoxy groups -OCH3 is 1. The molecule has 0 aliphatic heterocycles. The molecule has 0 saturated carbocycles. The third-order valence-electron chi connectivity index (χ3n) is 4.04. The highest BCUT2D eigenvalue weighted by atomic mass is 32.2. The highest BCUT2D eigenvalue weighted by Gasteiger charge is 2.13. The fourth-order valence-corrected chi connectivity index (χ4v) is 3.64. The van der Waals surface area contributed by atoms with E-state index in [2.05, 4.69) is 15.2 Å². The van der Waals surface area contributed by atoms with Crippen LogP contribution >= 0.6 is 11.8 Å². The molecule has 0 N–H and O–H groups in total. The molecular weight excluding hydrogens is 346 g/mol. The van der Waals surface area contributed by atoms with E-state index >= 15 is 0 Å². The van der Waals surface area contributed by atoms with Crippen molar-refractivity contribution in [2.24, 2.45) is 0 Å². The van der Waals surface area contributed by atoms with Gasteiger partial charge >= 0.3 is 0 Å². The lowest BCUT2D eigenvalue weighted by atomic mass is 10.2. The van der Waals surface area contributed by atoms with Crippen LogP contribution in [0, 0.1) is 6.92 Å². The molecule has 0 saturated heterocycles. The number of benzene rings is 2. The predicted octanol–water partition coefficient (Wildman–Crippen LogP) is 3.82. The minimum absolute atomic E-state index is 0.664. The van der Waals surface area contributed by atoms with Crippen LogP contribution < -0.4 is 4.74 Å². The van der Waals surface area contributed by atoms with Crippen molar-refractivity contribution in [3.8, 4) is 11.4 Å². The molecule has 130 valence electrons. The zero-order chi connectivity index (χ0) is 17.9. The molecule has 2 heterocycles. The number of aryl methyl sites for hydroxylation is 1. The quantitative estimate of drug-likeness (QED) is 0.502. The maximum absolute atomic E-state index is 5.45. The molecule has 0 radical (unpaired) electrons. The van der Waals surface area contributed by atoms with Crippen molar-refractivity contribution < 1.29 is 4.74 Å². The maximum Gasteiger partial charge on any atom is 0.196 e. The molecule has 0 unspecified atom stereocenters. The smallest absolute Gasteiger partial charge is 0.196 e. The summed E-state index contributed by atoms with van der Waals surface area (Å²) in [6.45, 7) is 1.99. The normalized spacial score (nSPS) is 11.0. The first kappa shape index (κ1) is 16.5. The van der Waals surface area contributed by atoms with Crippen LogP contribution in [0.3, 0.4) is 0 Å². The van der Waals surface area contributed by atoms with E-state index in [0.717, 1.165) is 39.0 Å².